The second-order valence-corrected chi connectivity index (χ2v) is 7.80. The summed E-state index contributed by atoms with van der Waals surface area (Å²) in [6.45, 7) is 4.62. The molecule has 0 bridgehead atoms. The smallest absolute Gasteiger partial charge is 0.191 e. The molecule has 7 heteroatoms. The number of sulfone groups is 1. The van der Waals surface area contributed by atoms with Crippen molar-refractivity contribution in [1.82, 2.24) is 4.90 Å². The van der Waals surface area contributed by atoms with Gasteiger partial charge in [-0.15, -0.1) is 24.0 Å². The molecule has 2 N–H and O–H groups in total. The van der Waals surface area contributed by atoms with Gasteiger partial charge in [0.25, 0.3) is 0 Å². The highest BCUT2D eigenvalue weighted by molar-refractivity contribution is 14.0. The van der Waals surface area contributed by atoms with E-state index in [1.165, 1.54) is 12.7 Å². The Balaban J connectivity index is 0.00000242. The van der Waals surface area contributed by atoms with Crippen molar-refractivity contribution >= 4 is 39.8 Å². The Bertz CT molecular complexity index is 614. The number of piperidine rings is 1. The standard InChI is InChI=1S/C15H23N3O2S.HI/c1-12-4-3-9-18(11-12)15(16)17-10-13-5-7-14(8-6-13)21(2,19)20;/h5-8,12H,3-4,9-11H2,1-2H3,(H2,16,17);1H. The first kappa shape index (κ1) is 19.2. The van der Waals surface area contributed by atoms with Crippen LogP contribution in [0.1, 0.15) is 25.3 Å². The third-order valence-corrected chi connectivity index (χ3v) is 4.88. The first-order valence-corrected chi connectivity index (χ1v) is 9.09. The van der Waals surface area contributed by atoms with Gasteiger partial charge in [-0.2, -0.15) is 0 Å². The molecule has 1 aliphatic heterocycles. The lowest BCUT2D eigenvalue weighted by Crippen LogP contribution is -2.43. The zero-order valence-electron chi connectivity index (χ0n) is 13.0. The maximum absolute atomic E-state index is 11.4. The molecule has 1 saturated heterocycles. The molecule has 1 atom stereocenters. The van der Waals surface area contributed by atoms with E-state index < -0.39 is 9.84 Å². The number of hydrogen-bond acceptors (Lipinski definition) is 3. The number of guanidine groups is 1. The van der Waals surface area contributed by atoms with E-state index in [4.69, 9.17) is 5.73 Å². The van der Waals surface area contributed by atoms with Crippen LogP contribution in [0.15, 0.2) is 34.2 Å². The number of likely N-dealkylation sites (tertiary alicyclic amines) is 1. The molecule has 0 spiro atoms. The van der Waals surface area contributed by atoms with Crippen LogP contribution in [0.5, 0.6) is 0 Å². The molecule has 5 nitrogen and oxygen atoms in total. The van der Waals surface area contributed by atoms with Crippen molar-refractivity contribution in [3.05, 3.63) is 29.8 Å². The molecule has 0 saturated carbocycles. The molecule has 0 radical (unpaired) electrons. The summed E-state index contributed by atoms with van der Waals surface area (Å²) in [5, 5.41) is 0. The van der Waals surface area contributed by atoms with Crippen LogP contribution in [0.3, 0.4) is 0 Å². The van der Waals surface area contributed by atoms with Crippen LogP contribution >= 0.6 is 24.0 Å². The summed E-state index contributed by atoms with van der Waals surface area (Å²) in [7, 11) is -3.14. The van der Waals surface area contributed by atoms with Crippen LogP contribution < -0.4 is 5.73 Å². The summed E-state index contributed by atoms with van der Waals surface area (Å²) < 4.78 is 22.8. The Hall–Kier alpha value is -0.830. The monoisotopic (exact) mass is 437 g/mol. The quantitative estimate of drug-likeness (QED) is 0.447. The van der Waals surface area contributed by atoms with Gasteiger partial charge in [-0.25, -0.2) is 13.4 Å². The normalized spacial score (nSPS) is 19.6. The Morgan fingerprint density at radius 2 is 2.00 bits per heavy atom. The van der Waals surface area contributed by atoms with Crippen molar-refractivity contribution in [3.8, 4) is 0 Å². The van der Waals surface area contributed by atoms with Gasteiger partial charge in [-0.05, 0) is 36.5 Å². The SMILES string of the molecule is CC1CCCN(C(N)=NCc2ccc(S(C)(=O)=O)cc2)C1.I. The lowest BCUT2D eigenvalue weighted by atomic mass is 10.0. The molecule has 0 aliphatic carbocycles. The maximum Gasteiger partial charge on any atom is 0.191 e. The molecule has 124 valence electrons. The fourth-order valence-corrected chi connectivity index (χ4v) is 3.14. The molecule has 1 heterocycles. The number of aliphatic imine (C=N–C) groups is 1. The second-order valence-electron chi connectivity index (χ2n) is 5.78. The average molecular weight is 437 g/mol. The number of halogens is 1. The summed E-state index contributed by atoms with van der Waals surface area (Å²) in [6, 6.07) is 6.79. The lowest BCUT2D eigenvalue weighted by Gasteiger charge is -2.31. The van der Waals surface area contributed by atoms with E-state index in [2.05, 4.69) is 16.8 Å². The van der Waals surface area contributed by atoms with E-state index in [1.807, 2.05) is 0 Å². The van der Waals surface area contributed by atoms with Gasteiger partial charge in [-0.1, -0.05) is 19.1 Å². The Morgan fingerprint density at radius 3 is 2.55 bits per heavy atom. The maximum atomic E-state index is 11.4. The fourth-order valence-electron chi connectivity index (χ4n) is 2.51. The molecule has 1 aromatic carbocycles. The molecule has 2 rings (SSSR count). The number of rotatable bonds is 3. The number of hydrogen-bond donors (Lipinski definition) is 1. The minimum Gasteiger partial charge on any atom is -0.370 e. The van der Waals surface area contributed by atoms with Crippen LogP contribution in [0.2, 0.25) is 0 Å². The topological polar surface area (TPSA) is 75.8 Å². The van der Waals surface area contributed by atoms with E-state index in [-0.39, 0.29) is 24.0 Å². The minimum absolute atomic E-state index is 0. The summed E-state index contributed by atoms with van der Waals surface area (Å²) in [5.41, 5.74) is 6.99. The molecule has 1 aliphatic rings. The second kappa shape index (κ2) is 8.14. The van der Waals surface area contributed by atoms with Gasteiger partial charge < -0.3 is 10.6 Å². The van der Waals surface area contributed by atoms with Crippen LogP contribution in [-0.2, 0) is 16.4 Å². The molecule has 0 aromatic heterocycles. The molecule has 1 fully saturated rings. The summed E-state index contributed by atoms with van der Waals surface area (Å²) >= 11 is 0. The largest absolute Gasteiger partial charge is 0.370 e. The highest BCUT2D eigenvalue weighted by atomic mass is 127. The van der Waals surface area contributed by atoms with Gasteiger partial charge in [0.05, 0.1) is 11.4 Å². The molecule has 0 amide bonds. The Labute approximate surface area is 149 Å². The first-order valence-electron chi connectivity index (χ1n) is 7.20. The van der Waals surface area contributed by atoms with Crippen LogP contribution in [-0.4, -0.2) is 38.6 Å². The van der Waals surface area contributed by atoms with E-state index >= 15 is 0 Å². The lowest BCUT2D eigenvalue weighted by molar-refractivity contribution is 0.270. The fraction of sp³-hybridized carbons (Fsp3) is 0.533. The summed E-state index contributed by atoms with van der Waals surface area (Å²) in [5.74, 6) is 1.23. The Kier molecular flexibility index (Phi) is 7.11. The molecule has 1 unspecified atom stereocenters. The van der Waals surface area contributed by atoms with Gasteiger partial charge in [0.15, 0.2) is 15.8 Å². The number of nitrogens with zero attached hydrogens (tertiary/aromatic N) is 2. The van der Waals surface area contributed by atoms with Crippen molar-refractivity contribution in [2.75, 3.05) is 19.3 Å². The third-order valence-electron chi connectivity index (χ3n) is 3.76. The van der Waals surface area contributed by atoms with Gasteiger partial charge in [0, 0.05) is 19.3 Å². The summed E-state index contributed by atoms with van der Waals surface area (Å²) in [6.07, 6.45) is 3.60. The molecule has 1 aromatic rings. The van der Waals surface area contributed by atoms with Gasteiger partial charge in [-0.3, -0.25) is 0 Å². The van der Waals surface area contributed by atoms with Gasteiger partial charge in [0.2, 0.25) is 0 Å². The average Bonchev–Trinajstić information content (AvgIpc) is 2.44. The van der Waals surface area contributed by atoms with Gasteiger partial charge in [0.1, 0.15) is 0 Å². The zero-order chi connectivity index (χ0) is 15.5. The van der Waals surface area contributed by atoms with E-state index in [9.17, 15) is 8.42 Å². The number of benzene rings is 1. The molecular weight excluding hydrogens is 413 g/mol. The highest BCUT2D eigenvalue weighted by Gasteiger charge is 2.17. The third kappa shape index (κ3) is 5.42. The number of nitrogens with two attached hydrogens (primary N) is 1. The van der Waals surface area contributed by atoms with Crippen molar-refractivity contribution in [2.24, 2.45) is 16.6 Å². The molecular formula is C15H24IN3O2S. The van der Waals surface area contributed by atoms with Crippen LogP contribution in [0.25, 0.3) is 0 Å². The van der Waals surface area contributed by atoms with E-state index in [0.29, 0.717) is 23.3 Å². The van der Waals surface area contributed by atoms with Gasteiger partial charge >= 0.3 is 0 Å². The first-order chi connectivity index (χ1) is 9.86. The molecule has 22 heavy (non-hydrogen) atoms. The van der Waals surface area contributed by atoms with Crippen molar-refractivity contribution < 1.29 is 8.42 Å². The summed E-state index contributed by atoms with van der Waals surface area (Å²) in [4.78, 5) is 6.87. The predicted molar refractivity (Wildman–Crippen MR) is 100 cm³/mol. The van der Waals surface area contributed by atoms with Crippen molar-refractivity contribution in [2.45, 2.75) is 31.2 Å². The Morgan fingerprint density at radius 1 is 1.36 bits per heavy atom. The van der Waals surface area contributed by atoms with Crippen LogP contribution in [0.4, 0.5) is 0 Å². The highest BCUT2D eigenvalue weighted by Crippen LogP contribution is 2.15. The van der Waals surface area contributed by atoms with E-state index in [1.54, 1.807) is 24.3 Å². The van der Waals surface area contributed by atoms with Crippen molar-refractivity contribution in [1.29, 1.82) is 0 Å². The zero-order valence-corrected chi connectivity index (χ0v) is 16.2. The predicted octanol–water partition coefficient (Wildman–Crippen LogP) is 2.25. The van der Waals surface area contributed by atoms with Crippen LogP contribution in [0, 0.1) is 5.92 Å². The van der Waals surface area contributed by atoms with E-state index in [0.717, 1.165) is 25.1 Å². The van der Waals surface area contributed by atoms with Crippen molar-refractivity contribution in [3.63, 3.8) is 0 Å². The minimum atomic E-state index is -3.14.